The molecule has 3 N–H and O–H groups in total. The molecule has 0 aliphatic rings. The van der Waals surface area contributed by atoms with Gasteiger partial charge in [0, 0.05) is 10.6 Å². The van der Waals surface area contributed by atoms with Gasteiger partial charge in [0.05, 0.1) is 6.42 Å². The minimum absolute atomic E-state index is 0.174. The maximum absolute atomic E-state index is 11.5. The summed E-state index contributed by atoms with van der Waals surface area (Å²) >= 11 is 1.52. The van der Waals surface area contributed by atoms with Crippen LogP contribution in [0.5, 0.6) is 0 Å². The monoisotopic (exact) mass is 296 g/mol. The highest BCUT2D eigenvalue weighted by Gasteiger charge is 2.18. The number of ether oxygens (including phenoxy) is 1. The van der Waals surface area contributed by atoms with E-state index in [-0.39, 0.29) is 6.42 Å². The summed E-state index contributed by atoms with van der Waals surface area (Å²) in [7, 11) is 0. The van der Waals surface area contributed by atoms with Crippen molar-refractivity contribution in [1.29, 1.82) is 0 Å². The number of urea groups is 1. The van der Waals surface area contributed by atoms with Gasteiger partial charge in [-0.25, -0.2) is 4.79 Å². The number of hydrogen-bond donors (Lipinski definition) is 2. The van der Waals surface area contributed by atoms with Crippen molar-refractivity contribution in [3.63, 3.8) is 0 Å². The minimum atomic E-state index is -1.04. The summed E-state index contributed by atoms with van der Waals surface area (Å²) in [6, 6.07) is 8.65. The summed E-state index contributed by atoms with van der Waals surface area (Å²) in [5.41, 5.74) is 4.79. The Morgan fingerprint density at radius 2 is 1.95 bits per heavy atom. The van der Waals surface area contributed by atoms with Gasteiger partial charge in [-0.3, -0.25) is 14.9 Å². The first kappa shape index (κ1) is 16.0. The molecule has 20 heavy (non-hydrogen) atoms. The van der Waals surface area contributed by atoms with Crippen LogP contribution in [0.3, 0.4) is 0 Å². The fraction of sp³-hybridized carbons (Fsp3) is 0.308. The number of nitrogens with one attached hydrogen (secondary N) is 1. The van der Waals surface area contributed by atoms with Gasteiger partial charge in [-0.15, -0.1) is 11.8 Å². The van der Waals surface area contributed by atoms with Crippen LogP contribution in [0.25, 0.3) is 0 Å². The molecule has 0 bridgehead atoms. The molecule has 0 heterocycles. The molecule has 0 fully saturated rings. The quantitative estimate of drug-likeness (QED) is 0.609. The zero-order valence-corrected chi connectivity index (χ0v) is 11.8. The zero-order valence-electron chi connectivity index (χ0n) is 11.0. The van der Waals surface area contributed by atoms with Crippen molar-refractivity contribution in [3.05, 3.63) is 30.3 Å². The lowest BCUT2D eigenvalue weighted by Crippen LogP contribution is -2.42. The molecule has 0 spiro atoms. The van der Waals surface area contributed by atoms with E-state index >= 15 is 0 Å². The van der Waals surface area contributed by atoms with Gasteiger partial charge in [-0.05, 0) is 19.1 Å². The first-order valence-corrected chi connectivity index (χ1v) is 6.95. The number of carbonyl (C=O) groups excluding carboxylic acids is 3. The predicted octanol–water partition coefficient (Wildman–Crippen LogP) is 1.30. The number of carbonyl (C=O) groups is 3. The SMILES string of the molecule is C[C@H](OC(=O)CCSc1ccccc1)C(=O)NC(N)=O. The van der Waals surface area contributed by atoms with Crippen molar-refractivity contribution in [1.82, 2.24) is 5.32 Å². The van der Waals surface area contributed by atoms with Crippen LogP contribution in [-0.2, 0) is 14.3 Å². The normalized spacial score (nSPS) is 11.4. The van der Waals surface area contributed by atoms with Gasteiger partial charge in [0.2, 0.25) is 0 Å². The van der Waals surface area contributed by atoms with E-state index in [4.69, 9.17) is 10.5 Å². The summed E-state index contributed by atoms with van der Waals surface area (Å²) in [4.78, 5) is 34.3. The molecule has 0 aliphatic heterocycles. The topological polar surface area (TPSA) is 98.5 Å². The molecular weight excluding hydrogens is 280 g/mol. The second kappa shape index (κ2) is 8.21. The number of benzene rings is 1. The fourth-order valence-electron chi connectivity index (χ4n) is 1.30. The number of thioether (sulfide) groups is 1. The summed E-state index contributed by atoms with van der Waals surface area (Å²) in [5, 5.41) is 1.85. The lowest BCUT2D eigenvalue weighted by atomic mass is 10.3. The highest BCUT2D eigenvalue weighted by Crippen LogP contribution is 2.17. The lowest BCUT2D eigenvalue weighted by molar-refractivity contribution is -0.154. The molecule has 0 aromatic heterocycles. The van der Waals surface area contributed by atoms with Crippen LogP contribution in [0.1, 0.15) is 13.3 Å². The van der Waals surface area contributed by atoms with Crippen LogP contribution in [-0.4, -0.2) is 29.8 Å². The van der Waals surface area contributed by atoms with Gasteiger partial charge in [-0.1, -0.05) is 18.2 Å². The molecular formula is C13H16N2O4S. The number of imide groups is 1. The van der Waals surface area contributed by atoms with Crippen molar-refractivity contribution in [2.75, 3.05) is 5.75 Å². The van der Waals surface area contributed by atoms with E-state index < -0.39 is 24.0 Å². The van der Waals surface area contributed by atoms with Crippen LogP contribution < -0.4 is 11.1 Å². The largest absolute Gasteiger partial charge is 0.453 e. The third-order valence-electron chi connectivity index (χ3n) is 2.24. The average molecular weight is 296 g/mol. The zero-order chi connectivity index (χ0) is 15.0. The molecule has 0 radical (unpaired) electrons. The second-order valence-corrected chi connectivity index (χ2v) is 5.07. The molecule has 1 atom stereocenters. The smallest absolute Gasteiger partial charge is 0.318 e. The fourth-order valence-corrected chi connectivity index (χ4v) is 2.16. The second-order valence-electron chi connectivity index (χ2n) is 3.90. The summed E-state index contributed by atoms with van der Waals surface area (Å²) in [5.74, 6) is -0.686. The molecule has 7 heteroatoms. The van der Waals surface area contributed by atoms with Crippen molar-refractivity contribution >= 4 is 29.7 Å². The molecule has 6 nitrogen and oxygen atoms in total. The van der Waals surface area contributed by atoms with Crippen molar-refractivity contribution in [2.45, 2.75) is 24.3 Å². The standard InChI is InChI=1S/C13H16N2O4S/c1-9(12(17)15-13(14)18)19-11(16)7-8-20-10-5-3-2-4-6-10/h2-6,9H,7-8H2,1H3,(H3,14,15,17,18)/t9-/m0/s1. The first-order chi connectivity index (χ1) is 9.49. The van der Waals surface area contributed by atoms with Crippen molar-refractivity contribution in [2.24, 2.45) is 5.73 Å². The maximum atomic E-state index is 11.5. The van der Waals surface area contributed by atoms with Crippen molar-refractivity contribution < 1.29 is 19.1 Å². The molecule has 0 unspecified atom stereocenters. The van der Waals surface area contributed by atoms with E-state index in [0.29, 0.717) is 5.75 Å². The van der Waals surface area contributed by atoms with Crippen LogP contribution >= 0.6 is 11.8 Å². The summed E-state index contributed by atoms with van der Waals surface area (Å²) in [6.07, 6.45) is -0.870. The first-order valence-electron chi connectivity index (χ1n) is 5.96. The number of esters is 1. The summed E-state index contributed by atoms with van der Waals surface area (Å²) < 4.78 is 4.88. The van der Waals surface area contributed by atoms with Gasteiger partial charge in [0.1, 0.15) is 0 Å². The Labute approximate surface area is 121 Å². The summed E-state index contributed by atoms with van der Waals surface area (Å²) in [6.45, 7) is 1.38. The van der Waals surface area contributed by atoms with E-state index in [1.54, 1.807) is 0 Å². The molecule has 3 amide bonds. The van der Waals surface area contributed by atoms with Gasteiger partial charge < -0.3 is 10.5 Å². The number of nitrogens with two attached hydrogens (primary N) is 1. The van der Waals surface area contributed by atoms with E-state index in [9.17, 15) is 14.4 Å². The van der Waals surface area contributed by atoms with E-state index in [0.717, 1.165) is 4.90 Å². The Bertz CT molecular complexity index is 479. The third-order valence-corrected chi connectivity index (χ3v) is 3.26. The van der Waals surface area contributed by atoms with Gasteiger partial charge in [-0.2, -0.15) is 0 Å². The maximum Gasteiger partial charge on any atom is 0.318 e. The highest BCUT2D eigenvalue weighted by molar-refractivity contribution is 7.99. The molecule has 1 aromatic rings. The lowest BCUT2D eigenvalue weighted by Gasteiger charge is -2.11. The highest BCUT2D eigenvalue weighted by atomic mass is 32.2. The molecule has 108 valence electrons. The molecule has 0 saturated heterocycles. The van der Waals surface area contributed by atoms with Crippen LogP contribution in [0.15, 0.2) is 35.2 Å². The number of primary amides is 1. The van der Waals surface area contributed by atoms with E-state index in [1.165, 1.54) is 18.7 Å². The number of amides is 3. The van der Waals surface area contributed by atoms with Crippen LogP contribution in [0.2, 0.25) is 0 Å². The van der Waals surface area contributed by atoms with E-state index in [1.807, 2.05) is 35.6 Å². The van der Waals surface area contributed by atoms with Gasteiger partial charge >= 0.3 is 12.0 Å². The number of hydrogen-bond acceptors (Lipinski definition) is 5. The predicted molar refractivity (Wildman–Crippen MR) is 75.1 cm³/mol. The molecule has 0 saturated carbocycles. The van der Waals surface area contributed by atoms with Gasteiger partial charge in [0.15, 0.2) is 6.10 Å². The molecule has 1 rings (SSSR count). The third kappa shape index (κ3) is 6.24. The van der Waals surface area contributed by atoms with Gasteiger partial charge in [0.25, 0.3) is 5.91 Å². The molecule has 1 aromatic carbocycles. The van der Waals surface area contributed by atoms with E-state index in [2.05, 4.69) is 0 Å². The molecule has 0 aliphatic carbocycles. The van der Waals surface area contributed by atoms with Crippen LogP contribution in [0.4, 0.5) is 4.79 Å². The Morgan fingerprint density at radius 3 is 2.55 bits per heavy atom. The van der Waals surface area contributed by atoms with Crippen molar-refractivity contribution in [3.8, 4) is 0 Å². The Kier molecular flexibility index (Phi) is 6.58. The van der Waals surface area contributed by atoms with Crippen LogP contribution in [0, 0.1) is 0 Å². The average Bonchev–Trinajstić information content (AvgIpc) is 2.39. The Morgan fingerprint density at radius 1 is 1.30 bits per heavy atom. The minimum Gasteiger partial charge on any atom is -0.453 e. The Balaban J connectivity index is 2.26. The number of rotatable bonds is 6. The Hall–Kier alpha value is -2.02.